The first-order valence-electron chi connectivity index (χ1n) is 7.60. The summed E-state index contributed by atoms with van der Waals surface area (Å²) in [6.07, 6.45) is 0.719. The Hall–Kier alpha value is -1.53. The van der Waals surface area contributed by atoms with Gasteiger partial charge in [0.2, 0.25) is 0 Å². The van der Waals surface area contributed by atoms with Crippen molar-refractivity contribution in [3.8, 4) is 0 Å². The second-order valence-electron chi connectivity index (χ2n) is 5.68. The molecule has 0 radical (unpaired) electrons. The van der Waals surface area contributed by atoms with Crippen LogP contribution in [0.15, 0.2) is 18.2 Å². The predicted molar refractivity (Wildman–Crippen MR) is 79.6 cm³/mol. The van der Waals surface area contributed by atoms with Crippen molar-refractivity contribution in [2.45, 2.75) is 32.4 Å². The fraction of sp³-hybridized carbons (Fsp3) is 0.562. The molecule has 0 saturated carbocycles. The number of aliphatic carboxylic acids is 1. The Bertz CT molecular complexity index is 531. The number of hydrogen-bond acceptors (Lipinski definition) is 3. The number of carboxylic acid groups (broad SMARTS) is 1. The molecule has 6 heteroatoms. The van der Waals surface area contributed by atoms with Crippen LogP contribution in [0.1, 0.15) is 31.9 Å². The molecule has 1 aliphatic rings. The molecule has 1 saturated heterocycles. The maximum atomic E-state index is 14.0. The van der Waals surface area contributed by atoms with Gasteiger partial charge in [-0.15, -0.1) is 0 Å². The molecule has 1 N–H and O–H groups in total. The van der Waals surface area contributed by atoms with Gasteiger partial charge in [-0.3, -0.25) is 14.6 Å². The molecule has 0 amide bonds. The van der Waals surface area contributed by atoms with Crippen LogP contribution in [0.25, 0.3) is 0 Å². The minimum Gasteiger partial charge on any atom is -0.480 e. The van der Waals surface area contributed by atoms with Gasteiger partial charge in [0, 0.05) is 43.9 Å². The molecule has 0 spiro atoms. The van der Waals surface area contributed by atoms with Gasteiger partial charge in [0.1, 0.15) is 17.7 Å². The lowest BCUT2D eigenvalue weighted by Crippen LogP contribution is -2.52. The fourth-order valence-electron chi connectivity index (χ4n) is 3.04. The number of halogens is 2. The first-order valence-corrected chi connectivity index (χ1v) is 7.60. The summed E-state index contributed by atoms with van der Waals surface area (Å²) in [4.78, 5) is 15.1. The van der Waals surface area contributed by atoms with Crippen LogP contribution < -0.4 is 0 Å². The number of rotatable bonds is 5. The molecule has 22 heavy (non-hydrogen) atoms. The minimum absolute atomic E-state index is 0.108. The second kappa shape index (κ2) is 7.15. The van der Waals surface area contributed by atoms with Crippen LogP contribution >= 0.6 is 0 Å². The quantitative estimate of drug-likeness (QED) is 0.907. The zero-order valence-corrected chi connectivity index (χ0v) is 12.9. The van der Waals surface area contributed by atoms with Gasteiger partial charge in [0.05, 0.1) is 0 Å². The Morgan fingerprint density at radius 3 is 2.32 bits per heavy atom. The van der Waals surface area contributed by atoms with E-state index in [1.807, 2.05) is 11.8 Å². The zero-order valence-electron chi connectivity index (χ0n) is 12.9. The van der Waals surface area contributed by atoms with Crippen molar-refractivity contribution in [2.24, 2.45) is 0 Å². The van der Waals surface area contributed by atoms with Crippen molar-refractivity contribution in [3.05, 3.63) is 35.4 Å². The third-order valence-corrected chi connectivity index (χ3v) is 4.40. The number of hydrogen-bond donors (Lipinski definition) is 1. The van der Waals surface area contributed by atoms with Crippen LogP contribution in [-0.4, -0.2) is 53.1 Å². The highest BCUT2D eigenvalue weighted by Gasteiger charge is 2.29. The van der Waals surface area contributed by atoms with Crippen LogP contribution in [0.4, 0.5) is 8.78 Å². The number of benzene rings is 1. The molecular formula is C16H22F2N2O2. The number of carbonyl (C=O) groups is 1. The summed E-state index contributed by atoms with van der Waals surface area (Å²) in [5.41, 5.74) is 0.503. The highest BCUT2D eigenvalue weighted by molar-refractivity contribution is 5.72. The van der Waals surface area contributed by atoms with Crippen molar-refractivity contribution in [2.75, 3.05) is 26.2 Å². The van der Waals surface area contributed by atoms with Crippen molar-refractivity contribution in [3.63, 3.8) is 0 Å². The van der Waals surface area contributed by atoms with E-state index in [0.29, 0.717) is 31.7 Å². The van der Waals surface area contributed by atoms with Crippen molar-refractivity contribution >= 4 is 5.97 Å². The molecule has 0 aliphatic carbocycles. The molecule has 2 atom stereocenters. The minimum atomic E-state index is -0.829. The summed E-state index contributed by atoms with van der Waals surface area (Å²) in [6, 6.07) is 3.09. The number of nitrogens with zero attached hydrogens (tertiary/aromatic N) is 2. The Kier molecular flexibility index (Phi) is 5.47. The standard InChI is InChI=1S/C16H22F2N2O2/c1-3-15(13-5-4-12(17)10-14(13)18)20-8-6-19(7-9-20)11(2)16(21)22/h4-5,10-11,15H,3,6-9H2,1-2H3,(H,21,22). The summed E-state index contributed by atoms with van der Waals surface area (Å²) in [6.45, 7) is 6.26. The van der Waals surface area contributed by atoms with E-state index in [9.17, 15) is 13.6 Å². The van der Waals surface area contributed by atoms with Gasteiger partial charge in [-0.25, -0.2) is 8.78 Å². The van der Waals surface area contributed by atoms with Gasteiger partial charge < -0.3 is 5.11 Å². The van der Waals surface area contributed by atoms with Gasteiger partial charge in [0.25, 0.3) is 0 Å². The average molecular weight is 312 g/mol. The Labute approximate surface area is 129 Å². The largest absolute Gasteiger partial charge is 0.480 e. The topological polar surface area (TPSA) is 43.8 Å². The Morgan fingerprint density at radius 1 is 1.23 bits per heavy atom. The molecule has 2 rings (SSSR count). The molecule has 1 aliphatic heterocycles. The van der Waals surface area contributed by atoms with E-state index in [-0.39, 0.29) is 6.04 Å². The Morgan fingerprint density at radius 2 is 1.82 bits per heavy atom. The maximum Gasteiger partial charge on any atom is 0.320 e. The first kappa shape index (κ1) is 16.8. The molecule has 0 aromatic heterocycles. The molecule has 1 aromatic carbocycles. The van der Waals surface area contributed by atoms with E-state index in [0.717, 1.165) is 12.5 Å². The normalized spacial score (nSPS) is 19.8. The van der Waals surface area contributed by atoms with E-state index in [2.05, 4.69) is 4.90 Å². The van der Waals surface area contributed by atoms with Gasteiger partial charge in [-0.1, -0.05) is 13.0 Å². The van der Waals surface area contributed by atoms with Crippen molar-refractivity contribution in [1.82, 2.24) is 9.80 Å². The lowest BCUT2D eigenvalue weighted by Gasteiger charge is -2.40. The summed E-state index contributed by atoms with van der Waals surface area (Å²) >= 11 is 0. The van der Waals surface area contributed by atoms with Gasteiger partial charge in [0.15, 0.2) is 0 Å². The first-order chi connectivity index (χ1) is 10.4. The highest BCUT2D eigenvalue weighted by Crippen LogP contribution is 2.28. The summed E-state index contributed by atoms with van der Waals surface area (Å²) in [7, 11) is 0. The SMILES string of the molecule is CCC(c1ccc(F)cc1F)N1CCN(C(C)C(=O)O)CC1. The Balaban J connectivity index is 2.06. The fourth-order valence-corrected chi connectivity index (χ4v) is 3.04. The summed E-state index contributed by atoms with van der Waals surface area (Å²) in [5, 5.41) is 9.06. The molecule has 1 heterocycles. The van der Waals surface area contributed by atoms with Crippen LogP contribution in [0, 0.1) is 11.6 Å². The monoisotopic (exact) mass is 312 g/mol. The molecule has 1 aromatic rings. The molecule has 1 fully saturated rings. The molecule has 4 nitrogen and oxygen atoms in total. The zero-order chi connectivity index (χ0) is 16.3. The van der Waals surface area contributed by atoms with Crippen LogP contribution in [-0.2, 0) is 4.79 Å². The maximum absolute atomic E-state index is 14.0. The molecule has 2 unspecified atom stereocenters. The average Bonchev–Trinajstić information content (AvgIpc) is 2.50. The number of piperazine rings is 1. The van der Waals surface area contributed by atoms with Crippen molar-refractivity contribution < 1.29 is 18.7 Å². The van der Waals surface area contributed by atoms with E-state index in [1.165, 1.54) is 12.1 Å². The highest BCUT2D eigenvalue weighted by atomic mass is 19.1. The summed E-state index contributed by atoms with van der Waals surface area (Å²) < 4.78 is 27.1. The van der Waals surface area contributed by atoms with E-state index in [1.54, 1.807) is 6.92 Å². The van der Waals surface area contributed by atoms with Crippen molar-refractivity contribution in [1.29, 1.82) is 0 Å². The van der Waals surface area contributed by atoms with Gasteiger partial charge >= 0.3 is 5.97 Å². The van der Waals surface area contributed by atoms with E-state index in [4.69, 9.17) is 5.11 Å². The predicted octanol–water partition coefficient (Wildman–Crippen LogP) is 2.51. The lowest BCUT2D eigenvalue weighted by atomic mass is 10.0. The van der Waals surface area contributed by atoms with Gasteiger partial charge in [-0.05, 0) is 19.4 Å². The third kappa shape index (κ3) is 3.62. The second-order valence-corrected chi connectivity index (χ2v) is 5.68. The van der Waals surface area contributed by atoms with Crippen LogP contribution in [0.3, 0.4) is 0 Å². The van der Waals surface area contributed by atoms with E-state index < -0.39 is 23.6 Å². The van der Waals surface area contributed by atoms with E-state index >= 15 is 0 Å². The van der Waals surface area contributed by atoms with Crippen LogP contribution in [0.5, 0.6) is 0 Å². The smallest absolute Gasteiger partial charge is 0.320 e. The molecular weight excluding hydrogens is 290 g/mol. The lowest BCUT2D eigenvalue weighted by molar-refractivity contribution is -0.143. The molecule has 122 valence electrons. The summed E-state index contributed by atoms with van der Waals surface area (Å²) in [5.74, 6) is -1.92. The number of carboxylic acids is 1. The third-order valence-electron chi connectivity index (χ3n) is 4.40. The van der Waals surface area contributed by atoms with Crippen LogP contribution in [0.2, 0.25) is 0 Å². The molecule has 0 bridgehead atoms. The van der Waals surface area contributed by atoms with Gasteiger partial charge in [-0.2, -0.15) is 0 Å².